The molecular formula is C6H5N3O2. The minimum absolute atomic E-state index is 0.263. The number of fused-ring (bicyclic) bond motifs is 1. The Kier molecular flexibility index (Phi) is 1.00. The maximum atomic E-state index is 9.09. The minimum Gasteiger partial charge on any atom is -0.492 e. The van der Waals surface area contributed by atoms with Crippen LogP contribution in [0.1, 0.15) is 0 Å². The molecule has 0 aliphatic carbocycles. The Morgan fingerprint density at radius 3 is 3.00 bits per heavy atom. The van der Waals surface area contributed by atoms with E-state index in [9.17, 15) is 0 Å². The molecule has 0 aromatic heterocycles. The number of aromatic amines is 1. The molecule has 5 nitrogen and oxygen atoms in total. The quantitative estimate of drug-likeness (QED) is 0.506. The molecule has 5 heteroatoms. The van der Waals surface area contributed by atoms with E-state index in [0.717, 1.165) is 0 Å². The highest BCUT2D eigenvalue weighted by atomic mass is 16.3. The average molecular weight is 151 g/mol. The van der Waals surface area contributed by atoms with E-state index in [2.05, 4.69) is 15.0 Å². The largest absolute Gasteiger partial charge is 0.492 e. The van der Waals surface area contributed by atoms with Gasteiger partial charge in [-0.3, -0.25) is 0 Å². The van der Waals surface area contributed by atoms with Gasteiger partial charge in [0.1, 0.15) is 5.69 Å². The first-order valence-electron chi connectivity index (χ1n) is 3.00. The number of nitrogens with one attached hydrogen (secondary N) is 1. The molecule has 3 N–H and O–H groups in total. The summed E-state index contributed by atoms with van der Waals surface area (Å²) in [6.07, 6.45) is 1.52. The normalized spacial score (nSPS) is 10.5. The van der Waals surface area contributed by atoms with E-state index < -0.39 is 0 Å². The van der Waals surface area contributed by atoms with Crippen molar-refractivity contribution in [2.75, 3.05) is 0 Å². The van der Waals surface area contributed by atoms with Crippen molar-refractivity contribution in [1.29, 1.82) is 0 Å². The zero-order chi connectivity index (χ0) is 7.84. The molecule has 0 atom stereocenters. The summed E-state index contributed by atoms with van der Waals surface area (Å²) in [6, 6.07) is 1.32. The minimum atomic E-state index is -0.317. The Morgan fingerprint density at radius 2 is 2.18 bits per heavy atom. The van der Waals surface area contributed by atoms with E-state index >= 15 is 0 Å². The van der Waals surface area contributed by atoms with E-state index in [-0.39, 0.29) is 11.9 Å². The predicted molar refractivity (Wildman–Crippen MR) is 36.3 cm³/mol. The number of nitrogens with zero attached hydrogens (tertiary/aromatic N) is 2. The highest BCUT2D eigenvalue weighted by molar-refractivity contribution is 5.61. The van der Waals surface area contributed by atoms with Crippen molar-refractivity contribution in [3.8, 4) is 23.3 Å². The van der Waals surface area contributed by atoms with E-state index in [4.69, 9.17) is 10.2 Å². The van der Waals surface area contributed by atoms with Crippen LogP contribution in [0.4, 0.5) is 0 Å². The Morgan fingerprint density at radius 1 is 1.36 bits per heavy atom. The van der Waals surface area contributed by atoms with E-state index in [1.54, 1.807) is 6.07 Å². The van der Waals surface area contributed by atoms with Crippen molar-refractivity contribution in [3.05, 3.63) is 12.3 Å². The smallest absolute Gasteiger partial charge is 0.294 e. The molecule has 2 rings (SSSR count). The molecule has 0 spiro atoms. The summed E-state index contributed by atoms with van der Waals surface area (Å²) in [7, 11) is 0. The summed E-state index contributed by atoms with van der Waals surface area (Å²) in [5, 5.41) is 18.0. The van der Waals surface area contributed by atoms with Crippen LogP contribution in [0.3, 0.4) is 0 Å². The number of aromatic nitrogens is 3. The molecule has 2 aliphatic heterocycles. The van der Waals surface area contributed by atoms with E-state index in [0.29, 0.717) is 11.4 Å². The Hall–Kier alpha value is -1.78. The van der Waals surface area contributed by atoms with Gasteiger partial charge >= 0.3 is 0 Å². The molecule has 0 radical (unpaired) electrons. The molecule has 0 bridgehead atoms. The van der Waals surface area contributed by atoms with Gasteiger partial charge in [-0.2, -0.15) is 4.98 Å². The van der Waals surface area contributed by atoms with Gasteiger partial charge in [0.15, 0.2) is 0 Å². The van der Waals surface area contributed by atoms with Crippen molar-refractivity contribution in [3.63, 3.8) is 0 Å². The van der Waals surface area contributed by atoms with Crippen molar-refractivity contribution in [2.24, 2.45) is 0 Å². The molecule has 0 saturated carbocycles. The first kappa shape index (κ1) is 5.96. The predicted octanol–water partition coefficient (Wildman–Crippen LogP) is 0.321. The zero-order valence-electron chi connectivity index (χ0n) is 5.44. The lowest BCUT2D eigenvalue weighted by Crippen LogP contribution is -1.87. The summed E-state index contributed by atoms with van der Waals surface area (Å²) < 4.78 is 0. The lowest BCUT2D eigenvalue weighted by molar-refractivity contribution is 0.398. The molecular weight excluding hydrogens is 146 g/mol. The number of hydrogen-bond acceptors (Lipinski definition) is 4. The molecule has 0 aromatic carbocycles. The highest BCUT2D eigenvalue weighted by Gasteiger charge is 2.11. The summed E-state index contributed by atoms with van der Waals surface area (Å²) in [5.41, 5.74) is 0.929. The first-order valence-corrected chi connectivity index (χ1v) is 3.00. The van der Waals surface area contributed by atoms with Crippen LogP contribution >= 0.6 is 0 Å². The van der Waals surface area contributed by atoms with Gasteiger partial charge in [-0.25, -0.2) is 4.98 Å². The van der Waals surface area contributed by atoms with Crippen LogP contribution in [0.2, 0.25) is 0 Å². The molecule has 0 fully saturated rings. The van der Waals surface area contributed by atoms with E-state index in [1.807, 2.05) is 0 Å². The molecule has 0 amide bonds. The van der Waals surface area contributed by atoms with Crippen molar-refractivity contribution >= 4 is 0 Å². The topological polar surface area (TPSA) is 82.0 Å². The van der Waals surface area contributed by atoms with Gasteiger partial charge < -0.3 is 15.2 Å². The molecule has 0 aromatic rings. The zero-order valence-corrected chi connectivity index (χ0v) is 5.44. The Bertz CT molecular complexity index is 357. The second-order valence-electron chi connectivity index (χ2n) is 2.09. The standard InChI is InChI=1S/C6H5N3O2/c10-5-4-3(1-2-7-4)8-6(11)9-5/h1-2,10H,(H2,8,9,11). The maximum absolute atomic E-state index is 9.09. The van der Waals surface area contributed by atoms with Gasteiger partial charge in [0.2, 0.25) is 5.88 Å². The number of rotatable bonds is 0. The number of hydrogen-bond donors (Lipinski definition) is 3. The van der Waals surface area contributed by atoms with Crippen molar-refractivity contribution < 1.29 is 10.2 Å². The molecule has 0 unspecified atom stereocenters. The SMILES string of the molecule is Oc1nc(O)c2nccc-2[nH]1. The molecule has 56 valence electrons. The second kappa shape index (κ2) is 1.85. The van der Waals surface area contributed by atoms with Crippen molar-refractivity contribution in [2.45, 2.75) is 0 Å². The average Bonchev–Trinajstić information content (AvgIpc) is 2.34. The number of H-pyrrole nitrogens is 1. The Labute approximate surface area is 61.7 Å². The summed E-state index contributed by atoms with van der Waals surface area (Å²) in [5.74, 6) is -0.263. The third kappa shape index (κ3) is 0.778. The lowest BCUT2D eigenvalue weighted by atomic mass is 10.3. The third-order valence-electron chi connectivity index (χ3n) is 1.37. The van der Waals surface area contributed by atoms with Crippen LogP contribution < -0.4 is 0 Å². The van der Waals surface area contributed by atoms with E-state index in [1.165, 1.54) is 6.20 Å². The molecule has 11 heavy (non-hydrogen) atoms. The monoisotopic (exact) mass is 151 g/mol. The van der Waals surface area contributed by atoms with Gasteiger partial charge in [-0.1, -0.05) is 0 Å². The van der Waals surface area contributed by atoms with Gasteiger partial charge in [-0.15, -0.1) is 0 Å². The van der Waals surface area contributed by atoms with Crippen molar-refractivity contribution in [1.82, 2.24) is 15.0 Å². The van der Waals surface area contributed by atoms with Crippen LogP contribution in [-0.4, -0.2) is 25.2 Å². The van der Waals surface area contributed by atoms with Crippen LogP contribution in [-0.2, 0) is 0 Å². The molecule has 0 saturated heterocycles. The third-order valence-corrected chi connectivity index (χ3v) is 1.37. The fourth-order valence-corrected chi connectivity index (χ4v) is 0.916. The molecule has 2 heterocycles. The van der Waals surface area contributed by atoms with Gasteiger partial charge in [0, 0.05) is 6.20 Å². The van der Waals surface area contributed by atoms with Crippen LogP contribution in [0.25, 0.3) is 11.4 Å². The van der Waals surface area contributed by atoms with Crippen LogP contribution in [0.5, 0.6) is 11.9 Å². The summed E-state index contributed by atoms with van der Waals surface area (Å²) in [4.78, 5) is 9.70. The van der Waals surface area contributed by atoms with Crippen LogP contribution in [0, 0.1) is 0 Å². The van der Waals surface area contributed by atoms with Gasteiger partial charge in [0.05, 0.1) is 5.69 Å². The maximum Gasteiger partial charge on any atom is 0.294 e. The highest BCUT2D eigenvalue weighted by Crippen LogP contribution is 2.26. The molecule has 2 aliphatic rings. The summed E-state index contributed by atoms with van der Waals surface area (Å²) in [6.45, 7) is 0. The van der Waals surface area contributed by atoms with Crippen LogP contribution in [0.15, 0.2) is 12.3 Å². The van der Waals surface area contributed by atoms with Gasteiger partial charge in [-0.05, 0) is 6.07 Å². The first-order chi connectivity index (χ1) is 5.27. The second-order valence-corrected chi connectivity index (χ2v) is 2.09. The lowest BCUT2D eigenvalue weighted by Gasteiger charge is -1.99. The summed E-state index contributed by atoms with van der Waals surface area (Å²) >= 11 is 0. The number of aromatic hydroxyl groups is 2. The van der Waals surface area contributed by atoms with Gasteiger partial charge in [0.25, 0.3) is 6.01 Å². The Balaban J connectivity index is 2.79. The fraction of sp³-hybridized carbons (Fsp3) is 0. The fourth-order valence-electron chi connectivity index (χ4n) is 0.916.